The van der Waals surface area contributed by atoms with Gasteiger partial charge in [-0.1, -0.05) is 6.92 Å². The van der Waals surface area contributed by atoms with Crippen LogP contribution in [0.1, 0.15) is 30.0 Å². The summed E-state index contributed by atoms with van der Waals surface area (Å²) in [6.45, 7) is 2.10. The van der Waals surface area contributed by atoms with E-state index in [1.165, 1.54) is 0 Å². The van der Waals surface area contributed by atoms with Crippen molar-refractivity contribution in [3.8, 4) is 11.5 Å². The zero-order chi connectivity index (χ0) is 11.0. The second kappa shape index (κ2) is 3.74. The molecule has 0 saturated heterocycles. The summed E-state index contributed by atoms with van der Waals surface area (Å²) in [5, 5.41) is 22.7. The number of benzene rings is 1. The summed E-state index contributed by atoms with van der Waals surface area (Å²) in [5.74, 6) is 0.722. The molecule has 0 heterocycles. The Morgan fingerprint density at radius 3 is 2.73 bits per heavy atom. The smallest absolute Gasteiger partial charge is 0.122 e. The standard InChI is InChI=1S/C12H17NO2/c1-3-8(13-2)4-7-5-11(14)9-6-10(9)12(7)15/h5,8,13-15H,3-4,6H2,1-2H3. The molecule has 0 radical (unpaired) electrons. The second-order valence-corrected chi connectivity index (χ2v) is 4.14. The molecular formula is C12H17NO2. The minimum Gasteiger partial charge on any atom is -0.508 e. The lowest BCUT2D eigenvalue weighted by Crippen LogP contribution is -2.26. The molecule has 0 aromatic heterocycles. The van der Waals surface area contributed by atoms with Gasteiger partial charge in [0.05, 0.1) is 0 Å². The van der Waals surface area contributed by atoms with E-state index in [0.29, 0.717) is 17.5 Å². The molecule has 0 saturated carbocycles. The fraction of sp³-hybridized carbons (Fsp3) is 0.500. The number of likely N-dealkylation sites (N-methyl/N-ethyl adjacent to an activating group) is 1. The average molecular weight is 207 g/mol. The van der Waals surface area contributed by atoms with Crippen LogP contribution in [-0.2, 0) is 12.8 Å². The third kappa shape index (κ3) is 1.79. The molecule has 82 valence electrons. The van der Waals surface area contributed by atoms with Gasteiger partial charge in [0.15, 0.2) is 0 Å². The van der Waals surface area contributed by atoms with Gasteiger partial charge >= 0.3 is 0 Å². The molecule has 0 amide bonds. The third-order valence-corrected chi connectivity index (χ3v) is 3.17. The lowest BCUT2D eigenvalue weighted by Gasteiger charge is -2.14. The molecule has 1 unspecified atom stereocenters. The van der Waals surface area contributed by atoms with Crippen LogP contribution in [0.3, 0.4) is 0 Å². The molecule has 3 heteroatoms. The maximum atomic E-state index is 9.88. The Bertz CT molecular complexity index is 384. The predicted octanol–water partition coefficient (Wildman–Crippen LogP) is 1.54. The second-order valence-electron chi connectivity index (χ2n) is 4.14. The molecule has 1 aliphatic carbocycles. The monoisotopic (exact) mass is 207 g/mol. The highest BCUT2D eigenvalue weighted by atomic mass is 16.3. The molecule has 0 aliphatic heterocycles. The summed E-state index contributed by atoms with van der Waals surface area (Å²) in [6.07, 6.45) is 2.52. The van der Waals surface area contributed by atoms with Crippen LogP contribution in [0.5, 0.6) is 11.5 Å². The Kier molecular flexibility index (Phi) is 2.57. The molecular weight excluding hydrogens is 190 g/mol. The summed E-state index contributed by atoms with van der Waals surface area (Å²) < 4.78 is 0. The molecule has 0 bridgehead atoms. The van der Waals surface area contributed by atoms with Crippen molar-refractivity contribution < 1.29 is 10.2 Å². The van der Waals surface area contributed by atoms with Gasteiger partial charge in [-0.25, -0.2) is 0 Å². The molecule has 15 heavy (non-hydrogen) atoms. The zero-order valence-electron chi connectivity index (χ0n) is 9.17. The van der Waals surface area contributed by atoms with Gasteiger partial charge in [0, 0.05) is 23.6 Å². The van der Waals surface area contributed by atoms with Crippen molar-refractivity contribution in [3.63, 3.8) is 0 Å². The van der Waals surface area contributed by atoms with Crippen LogP contribution in [0.2, 0.25) is 0 Å². The largest absolute Gasteiger partial charge is 0.508 e. The maximum Gasteiger partial charge on any atom is 0.122 e. The van der Waals surface area contributed by atoms with Gasteiger partial charge in [0.2, 0.25) is 0 Å². The van der Waals surface area contributed by atoms with Crippen molar-refractivity contribution >= 4 is 0 Å². The van der Waals surface area contributed by atoms with E-state index < -0.39 is 0 Å². The summed E-state index contributed by atoms with van der Waals surface area (Å²) >= 11 is 0. The first-order valence-electron chi connectivity index (χ1n) is 5.40. The van der Waals surface area contributed by atoms with Crippen LogP contribution in [-0.4, -0.2) is 23.3 Å². The zero-order valence-corrected chi connectivity index (χ0v) is 9.17. The van der Waals surface area contributed by atoms with Crippen molar-refractivity contribution in [2.24, 2.45) is 0 Å². The van der Waals surface area contributed by atoms with E-state index >= 15 is 0 Å². The number of phenolic OH excluding ortho intramolecular Hbond substituents is 2. The molecule has 1 atom stereocenters. The Morgan fingerprint density at radius 2 is 2.13 bits per heavy atom. The summed E-state index contributed by atoms with van der Waals surface area (Å²) in [6, 6.07) is 2.05. The number of hydrogen-bond acceptors (Lipinski definition) is 3. The number of hydrogen-bond donors (Lipinski definition) is 3. The van der Waals surface area contributed by atoms with Crippen LogP contribution in [0, 0.1) is 0 Å². The van der Waals surface area contributed by atoms with Gasteiger partial charge in [-0.2, -0.15) is 0 Å². The van der Waals surface area contributed by atoms with Crippen LogP contribution in [0.25, 0.3) is 0 Å². The van der Waals surface area contributed by atoms with E-state index in [1.807, 2.05) is 7.05 Å². The van der Waals surface area contributed by atoms with Gasteiger partial charge in [0.25, 0.3) is 0 Å². The van der Waals surface area contributed by atoms with Gasteiger partial charge in [-0.15, -0.1) is 0 Å². The number of fused-ring (bicyclic) bond motifs is 1. The van der Waals surface area contributed by atoms with Crippen molar-refractivity contribution in [1.82, 2.24) is 5.32 Å². The molecule has 1 aliphatic rings. The van der Waals surface area contributed by atoms with Gasteiger partial charge in [-0.05, 0) is 31.5 Å². The first kappa shape index (κ1) is 10.3. The van der Waals surface area contributed by atoms with Gasteiger partial charge in [-0.3, -0.25) is 0 Å². The highest BCUT2D eigenvalue weighted by Gasteiger charge is 2.28. The molecule has 2 rings (SSSR count). The van der Waals surface area contributed by atoms with E-state index in [9.17, 15) is 10.2 Å². The fourth-order valence-corrected chi connectivity index (χ4v) is 1.99. The van der Waals surface area contributed by atoms with Crippen LogP contribution >= 0.6 is 0 Å². The fourth-order valence-electron chi connectivity index (χ4n) is 1.99. The van der Waals surface area contributed by atoms with Crippen LogP contribution < -0.4 is 5.32 Å². The van der Waals surface area contributed by atoms with E-state index in [1.54, 1.807) is 6.07 Å². The first-order valence-corrected chi connectivity index (χ1v) is 5.40. The van der Waals surface area contributed by atoms with Gasteiger partial charge < -0.3 is 15.5 Å². The van der Waals surface area contributed by atoms with Crippen molar-refractivity contribution in [2.75, 3.05) is 7.05 Å². The predicted molar refractivity (Wildman–Crippen MR) is 59.4 cm³/mol. The van der Waals surface area contributed by atoms with E-state index in [2.05, 4.69) is 12.2 Å². The summed E-state index contributed by atoms with van der Waals surface area (Å²) in [4.78, 5) is 0. The SMILES string of the molecule is CCC(Cc1cc(O)c2c(c1O)C2)NC. The van der Waals surface area contributed by atoms with Crippen LogP contribution in [0.4, 0.5) is 0 Å². The highest BCUT2D eigenvalue weighted by molar-refractivity contribution is 5.63. The Labute approximate surface area is 89.8 Å². The lowest BCUT2D eigenvalue weighted by molar-refractivity contribution is 0.448. The minimum atomic E-state index is 0.337. The molecule has 0 fully saturated rings. The molecule has 3 nitrogen and oxygen atoms in total. The van der Waals surface area contributed by atoms with Crippen molar-refractivity contribution in [3.05, 3.63) is 22.8 Å². The molecule has 1 aromatic rings. The number of nitrogens with one attached hydrogen (secondary N) is 1. The Morgan fingerprint density at radius 1 is 1.40 bits per heavy atom. The van der Waals surface area contributed by atoms with Crippen LogP contribution in [0.15, 0.2) is 6.07 Å². The molecule has 1 aromatic carbocycles. The molecule has 3 N–H and O–H groups in total. The van der Waals surface area contributed by atoms with Gasteiger partial charge in [0.1, 0.15) is 11.5 Å². The van der Waals surface area contributed by atoms with E-state index in [-0.39, 0.29) is 0 Å². The summed E-state index contributed by atoms with van der Waals surface area (Å²) in [5.41, 5.74) is 2.69. The number of rotatable bonds is 4. The quantitative estimate of drug-likeness (QED) is 0.667. The Balaban J connectivity index is 2.22. The topological polar surface area (TPSA) is 52.5 Å². The number of phenols is 2. The third-order valence-electron chi connectivity index (χ3n) is 3.17. The maximum absolute atomic E-state index is 9.88. The lowest BCUT2D eigenvalue weighted by atomic mass is 10.0. The minimum absolute atomic E-state index is 0.337. The first-order chi connectivity index (χ1) is 7.17. The van der Waals surface area contributed by atoms with E-state index in [4.69, 9.17) is 0 Å². The van der Waals surface area contributed by atoms with E-state index in [0.717, 1.165) is 36.0 Å². The average Bonchev–Trinajstić information content (AvgIpc) is 3.01. The summed E-state index contributed by atoms with van der Waals surface area (Å²) in [7, 11) is 1.92. The highest BCUT2D eigenvalue weighted by Crippen LogP contribution is 2.45. The molecule has 0 spiro atoms. The number of aromatic hydroxyl groups is 2. The Hall–Kier alpha value is -1.22. The van der Waals surface area contributed by atoms with Crippen molar-refractivity contribution in [2.45, 2.75) is 32.2 Å². The van der Waals surface area contributed by atoms with Crippen molar-refractivity contribution in [1.29, 1.82) is 0 Å². The normalized spacial score (nSPS) is 14.8.